The minimum absolute atomic E-state index is 0. The van der Waals surface area contributed by atoms with E-state index >= 15 is 4.39 Å². The van der Waals surface area contributed by atoms with Crippen molar-refractivity contribution < 1.29 is 13.7 Å². The summed E-state index contributed by atoms with van der Waals surface area (Å²) in [7, 11) is 0. The van der Waals surface area contributed by atoms with E-state index in [-0.39, 0.29) is 68.2 Å². The lowest BCUT2D eigenvalue weighted by atomic mass is 9.93. The van der Waals surface area contributed by atoms with Crippen LogP contribution in [-0.2, 0) is 5.67 Å². The van der Waals surface area contributed by atoms with Gasteiger partial charge in [0, 0.05) is 50.1 Å². The number of nitrogens with zero attached hydrogens (tertiary/aromatic N) is 6. The van der Waals surface area contributed by atoms with Gasteiger partial charge in [0.25, 0.3) is 11.8 Å². The molecule has 11 heteroatoms. The van der Waals surface area contributed by atoms with Gasteiger partial charge in [-0.3, -0.25) is 14.8 Å². The largest absolute Gasteiger partial charge is 0.337 e. The van der Waals surface area contributed by atoms with E-state index in [1.807, 2.05) is 0 Å². The molecule has 29 heavy (non-hydrogen) atoms. The summed E-state index contributed by atoms with van der Waals surface area (Å²) in [4.78, 5) is 30.4. The second-order valence-corrected chi connectivity index (χ2v) is 6.46. The number of aryl methyl sites for hydroxylation is 1. The van der Waals surface area contributed by atoms with Gasteiger partial charge in [0.15, 0.2) is 5.67 Å². The molecule has 1 aliphatic rings. The molecule has 0 atom stereocenters. The van der Waals surface area contributed by atoms with Crippen molar-refractivity contribution in [3.8, 4) is 11.4 Å². The fourth-order valence-corrected chi connectivity index (χ4v) is 2.97. The fourth-order valence-electron chi connectivity index (χ4n) is 2.97. The molecule has 0 unspecified atom stereocenters. The number of piperidine rings is 1. The highest BCUT2D eigenvalue weighted by Crippen LogP contribution is 2.37. The van der Waals surface area contributed by atoms with E-state index in [4.69, 9.17) is 4.52 Å². The van der Waals surface area contributed by atoms with Crippen LogP contribution in [0.1, 0.15) is 34.9 Å². The third-order valence-corrected chi connectivity index (χ3v) is 4.59. The van der Waals surface area contributed by atoms with Gasteiger partial charge in [0.1, 0.15) is 5.69 Å². The number of carbonyl (C=O) groups is 1. The Morgan fingerprint density at radius 3 is 2.45 bits per heavy atom. The number of alkyl halides is 1. The van der Waals surface area contributed by atoms with Gasteiger partial charge >= 0.3 is 0 Å². The van der Waals surface area contributed by atoms with Crippen LogP contribution in [0.15, 0.2) is 41.4 Å². The zero-order chi connectivity index (χ0) is 18.9. The maximum atomic E-state index is 15.4. The van der Waals surface area contributed by atoms with E-state index in [0.717, 1.165) is 5.69 Å². The molecule has 0 N–H and O–H groups in total. The van der Waals surface area contributed by atoms with Gasteiger partial charge in [-0.15, -0.1) is 24.8 Å². The van der Waals surface area contributed by atoms with Crippen molar-refractivity contribution in [3.05, 3.63) is 54.2 Å². The molecule has 4 rings (SSSR count). The summed E-state index contributed by atoms with van der Waals surface area (Å²) in [6, 6.07) is 3.45. The molecule has 0 saturated carbocycles. The van der Waals surface area contributed by atoms with Crippen molar-refractivity contribution in [1.82, 2.24) is 30.0 Å². The number of hydrogen-bond donors (Lipinski definition) is 0. The number of halogens is 3. The zero-order valence-electron chi connectivity index (χ0n) is 15.5. The van der Waals surface area contributed by atoms with Gasteiger partial charge in [0.05, 0.1) is 11.9 Å². The molecular weight excluding hydrogens is 422 g/mol. The van der Waals surface area contributed by atoms with Crippen LogP contribution in [0.2, 0.25) is 0 Å². The molecule has 0 spiro atoms. The SMILES string of the molecule is Cc1cnc(C(=O)N2CCC(F)(c3nc(-c4ccncc4)no3)CC2)cn1.Cl.Cl. The van der Waals surface area contributed by atoms with Crippen LogP contribution in [0.3, 0.4) is 0 Å². The number of likely N-dealkylation sites (tertiary alicyclic amines) is 1. The Kier molecular flexibility index (Phi) is 7.21. The average molecular weight is 441 g/mol. The van der Waals surface area contributed by atoms with E-state index in [1.54, 1.807) is 36.4 Å². The Bertz CT molecular complexity index is 946. The molecule has 8 nitrogen and oxygen atoms in total. The minimum atomic E-state index is -1.76. The van der Waals surface area contributed by atoms with Crippen LogP contribution in [0, 0.1) is 6.92 Å². The first-order chi connectivity index (χ1) is 13.0. The van der Waals surface area contributed by atoms with E-state index in [0.29, 0.717) is 11.4 Å². The minimum Gasteiger partial charge on any atom is -0.337 e. The quantitative estimate of drug-likeness (QED) is 0.616. The van der Waals surface area contributed by atoms with Gasteiger partial charge in [-0.1, -0.05) is 5.16 Å². The number of amides is 1. The molecule has 1 fully saturated rings. The Morgan fingerprint density at radius 1 is 1.14 bits per heavy atom. The Balaban J connectivity index is 0.00000150. The molecule has 3 aromatic rings. The van der Waals surface area contributed by atoms with Gasteiger partial charge < -0.3 is 9.42 Å². The first kappa shape index (κ1) is 22.6. The summed E-state index contributed by atoms with van der Waals surface area (Å²) in [5, 5.41) is 3.86. The van der Waals surface area contributed by atoms with E-state index < -0.39 is 5.67 Å². The maximum absolute atomic E-state index is 15.4. The topological polar surface area (TPSA) is 97.9 Å². The fraction of sp³-hybridized carbons (Fsp3) is 0.333. The van der Waals surface area contributed by atoms with Crippen molar-refractivity contribution in [3.63, 3.8) is 0 Å². The molecule has 3 aromatic heterocycles. The van der Waals surface area contributed by atoms with Gasteiger partial charge in [-0.2, -0.15) is 4.98 Å². The second kappa shape index (κ2) is 9.23. The van der Waals surface area contributed by atoms with Crippen LogP contribution in [0.4, 0.5) is 4.39 Å². The number of hydrogen-bond acceptors (Lipinski definition) is 7. The smallest absolute Gasteiger partial charge is 0.274 e. The van der Waals surface area contributed by atoms with Crippen LogP contribution in [0.25, 0.3) is 11.4 Å². The summed E-state index contributed by atoms with van der Waals surface area (Å²) >= 11 is 0. The molecule has 1 aliphatic heterocycles. The van der Waals surface area contributed by atoms with Gasteiger partial charge in [-0.25, -0.2) is 9.37 Å². The summed E-state index contributed by atoms with van der Waals surface area (Å²) in [5.74, 6) is 0.00181. The highest BCUT2D eigenvalue weighted by Gasteiger charge is 2.42. The predicted octanol–water partition coefficient (Wildman–Crippen LogP) is 3.17. The van der Waals surface area contributed by atoms with Crippen molar-refractivity contribution in [2.45, 2.75) is 25.4 Å². The molecule has 154 valence electrons. The molecule has 1 amide bonds. The molecule has 4 heterocycles. The van der Waals surface area contributed by atoms with Crippen molar-refractivity contribution in [1.29, 1.82) is 0 Å². The lowest BCUT2D eigenvalue weighted by molar-refractivity contribution is 0.0245. The third-order valence-electron chi connectivity index (χ3n) is 4.59. The second-order valence-electron chi connectivity index (χ2n) is 6.46. The number of pyridine rings is 1. The number of rotatable bonds is 3. The molecular formula is C18H19Cl2FN6O2. The molecule has 1 saturated heterocycles. The number of aromatic nitrogens is 5. The Labute approximate surface area is 178 Å². The first-order valence-electron chi connectivity index (χ1n) is 8.57. The van der Waals surface area contributed by atoms with Crippen LogP contribution < -0.4 is 0 Å². The zero-order valence-corrected chi connectivity index (χ0v) is 17.1. The van der Waals surface area contributed by atoms with Gasteiger partial charge in [-0.05, 0) is 19.1 Å². The molecule has 0 aliphatic carbocycles. The average Bonchev–Trinajstić information content (AvgIpc) is 3.21. The summed E-state index contributed by atoms with van der Waals surface area (Å²) < 4.78 is 20.5. The van der Waals surface area contributed by atoms with Crippen LogP contribution in [0.5, 0.6) is 0 Å². The van der Waals surface area contributed by atoms with Crippen molar-refractivity contribution in [2.24, 2.45) is 0 Å². The van der Waals surface area contributed by atoms with E-state index in [1.165, 1.54) is 12.4 Å². The van der Waals surface area contributed by atoms with E-state index in [9.17, 15) is 4.79 Å². The standard InChI is InChI=1S/C18H17FN6O2.2ClH/c1-12-10-22-14(11-21-12)16(26)25-8-4-18(19,5-9-25)17-23-15(24-27-17)13-2-6-20-7-3-13;;/h2-3,6-7,10-11H,4-5,8-9H2,1H3;2*1H. The Morgan fingerprint density at radius 2 is 1.83 bits per heavy atom. The van der Waals surface area contributed by atoms with Crippen LogP contribution >= 0.6 is 24.8 Å². The van der Waals surface area contributed by atoms with Crippen molar-refractivity contribution in [2.75, 3.05) is 13.1 Å². The monoisotopic (exact) mass is 440 g/mol. The van der Waals surface area contributed by atoms with E-state index in [2.05, 4.69) is 25.1 Å². The highest BCUT2D eigenvalue weighted by atomic mass is 35.5. The van der Waals surface area contributed by atoms with Crippen molar-refractivity contribution >= 4 is 30.7 Å². The lowest BCUT2D eigenvalue weighted by Gasteiger charge is -2.33. The normalized spacial score (nSPS) is 15.2. The summed E-state index contributed by atoms with van der Waals surface area (Å²) in [6.45, 7) is 2.26. The first-order valence-corrected chi connectivity index (χ1v) is 8.57. The van der Waals surface area contributed by atoms with Crippen LogP contribution in [-0.4, -0.2) is 49.0 Å². The molecule has 0 bridgehead atoms. The lowest BCUT2D eigenvalue weighted by Crippen LogP contribution is -2.43. The summed E-state index contributed by atoms with van der Waals surface area (Å²) in [5.41, 5.74) is -0.0677. The van der Waals surface area contributed by atoms with Gasteiger partial charge in [0.2, 0.25) is 5.82 Å². The molecule has 0 aromatic carbocycles. The molecule has 0 radical (unpaired) electrons. The summed E-state index contributed by atoms with van der Waals surface area (Å²) in [6.07, 6.45) is 6.35. The number of carbonyl (C=O) groups excluding carboxylic acids is 1. The Hall–Kier alpha value is -2.65. The predicted molar refractivity (Wildman–Crippen MR) is 107 cm³/mol. The third kappa shape index (κ3) is 4.68. The highest BCUT2D eigenvalue weighted by molar-refractivity contribution is 5.92. The maximum Gasteiger partial charge on any atom is 0.274 e.